The van der Waals surface area contributed by atoms with Gasteiger partial charge >= 0.3 is 12.4 Å². The highest BCUT2D eigenvalue weighted by Crippen LogP contribution is 2.31. The van der Waals surface area contributed by atoms with E-state index in [1.54, 1.807) is 30.5 Å². The van der Waals surface area contributed by atoms with Crippen LogP contribution in [0.2, 0.25) is 15.7 Å². The maximum Gasteiger partial charge on any atom is 0.433 e. The Labute approximate surface area is 276 Å². The summed E-state index contributed by atoms with van der Waals surface area (Å²) in [6, 6.07) is 12.4. The number of nitrogens with one attached hydrogen (secondary N) is 1. The predicted molar refractivity (Wildman–Crippen MR) is 163 cm³/mol. The molecular weight excluding hydrogens is 697 g/mol. The van der Waals surface area contributed by atoms with Crippen molar-refractivity contribution < 1.29 is 26.3 Å². The number of nitrogens with two attached hydrogens (primary N) is 1. The molecule has 244 valence electrons. The smallest absolute Gasteiger partial charge is 0.364 e. The van der Waals surface area contributed by atoms with Crippen LogP contribution in [0.15, 0.2) is 73.3 Å². The van der Waals surface area contributed by atoms with Crippen molar-refractivity contribution in [2.45, 2.75) is 25.4 Å². The molecule has 0 aliphatic heterocycles. The van der Waals surface area contributed by atoms with E-state index < -0.39 is 23.7 Å². The number of rotatable bonds is 4. The van der Waals surface area contributed by atoms with Crippen LogP contribution in [0.25, 0.3) is 22.1 Å². The van der Waals surface area contributed by atoms with Gasteiger partial charge in [0.05, 0.1) is 11.0 Å². The Morgan fingerprint density at radius 2 is 1.06 bits per heavy atom. The zero-order valence-electron chi connectivity index (χ0n) is 23.4. The summed E-state index contributed by atoms with van der Waals surface area (Å²) in [5.74, 6) is 0.262. The van der Waals surface area contributed by atoms with Crippen LogP contribution in [-0.4, -0.2) is 39.9 Å². The third-order valence-electron chi connectivity index (χ3n) is 5.80. The van der Waals surface area contributed by atoms with Gasteiger partial charge < -0.3 is 11.1 Å². The summed E-state index contributed by atoms with van der Waals surface area (Å²) in [6.07, 6.45) is -3.56. The highest BCUT2D eigenvalue weighted by atomic mass is 35.5. The lowest BCUT2D eigenvalue weighted by molar-refractivity contribution is -0.142. The number of halogens is 9. The van der Waals surface area contributed by atoms with Crippen molar-refractivity contribution in [3.05, 3.63) is 112 Å². The lowest BCUT2D eigenvalue weighted by Gasteiger charge is -2.13. The molecule has 0 aliphatic carbocycles. The number of aromatic nitrogens is 8. The third-order valence-corrected chi connectivity index (χ3v) is 6.40. The Morgan fingerprint density at radius 1 is 0.596 bits per heavy atom. The van der Waals surface area contributed by atoms with Gasteiger partial charge in [-0.25, -0.2) is 15.0 Å². The summed E-state index contributed by atoms with van der Waals surface area (Å²) in [7, 11) is 0. The number of hydrogen-bond donors (Lipinski definition) is 2. The van der Waals surface area contributed by atoms with Crippen molar-refractivity contribution in [3.8, 4) is 0 Å². The molecule has 0 amide bonds. The molecule has 0 radical (unpaired) electrons. The van der Waals surface area contributed by atoms with Crippen LogP contribution in [0.3, 0.4) is 0 Å². The molecule has 0 saturated carbocycles. The molecule has 0 aliphatic rings. The van der Waals surface area contributed by atoms with E-state index >= 15 is 0 Å². The number of anilines is 1. The average molecular weight is 716 g/mol. The van der Waals surface area contributed by atoms with Crippen LogP contribution in [0.1, 0.15) is 22.5 Å². The molecule has 19 heteroatoms. The van der Waals surface area contributed by atoms with Crippen LogP contribution in [0.5, 0.6) is 0 Å². The van der Waals surface area contributed by atoms with Crippen LogP contribution in [0.4, 0.5) is 32.2 Å². The van der Waals surface area contributed by atoms with E-state index in [1.807, 2.05) is 0 Å². The normalized spacial score (nSPS) is 11.4. The van der Waals surface area contributed by atoms with Gasteiger partial charge in [0.25, 0.3) is 0 Å². The van der Waals surface area contributed by atoms with Crippen LogP contribution < -0.4 is 11.1 Å². The van der Waals surface area contributed by atoms with E-state index in [4.69, 9.17) is 40.5 Å². The predicted octanol–water partition coefficient (Wildman–Crippen LogP) is 7.59. The molecule has 10 nitrogen and oxygen atoms in total. The number of fused-ring (bicyclic) bond motifs is 2. The lowest BCUT2D eigenvalue weighted by Crippen LogP contribution is -2.14. The zero-order chi connectivity index (χ0) is 34.2. The molecule has 6 aromatic rings. The van der Waals surface area contributed by atoms with E-state index in [9.17, 15) is 26.3 Å². The molecule has 0 aromatic carbocycles. The van der Waals surface area contributed by atoms with E-state index in [-0.39, 0.29) is 45.8 Å². The van der Waals surface area contributed by atoms with Crippen molar-refractivity contribution >= 4 is 62.7 Å². The fourth-order valence-electron chi connectivity index (χ4n) is 3.84. The maximum absolute atomic E-state index is 12.9. The molecule has 0 bridgehead atoms. The van der Waals surface area contributed by atoms with Gasteiger partial charge in [0.2, 0.25) is 10.6 Å². The van der Waals surface area contributed by atoms with E-state index in [0.717, 1.165) is 12.4 Å². The monoisotopic (exact) mass is 714 g/mol. The fourth-order valence-corrected chi connectivity index (χ4v) is 4.46. The van der Waals surface area contributed by atoms with E-state index in [0.29, 0.717) is 22.1 Å². The lowest BCUT2D eigenvalue weighted by atomic mass is 10.2. The molecule has 47 heavy (non-hydrogen) atoms. The first-order chi connectivity index (χ1) is 22.3. The largest absolute Gasteiger partial charge is 0.433 e. The highest BCUT2D eigenvalue weighted by Gasteiger charge is 2.35. The standard InChI is InChI=1S/C14H9ClF3N5.C7H3Cl2N3.C7H7F3N2/c15-13-22-9-4-2-5-19-10(9)12(23-13)21-7-8-3-1-6-20-11(8)14(16,17)18;8-6-5-4(2-1-3-10-5)11-7(9)12-6;8-7(9,10)6-5(4-11)2-1-3-12-6/h1-6H,7H2,(H,21,22,23);1-3H;1-3H,4,11H2. The minimum atomic E-state index is -4.53. The Hall–Kier alpha value is -4.51. The first-order valence-electron chi connectivity index (χ1n) is 13.0. The Kier molecular flexibility index (Phi) is 11.6. The minimum Gasteiger partial charge on any atom is -0.364 e. The van der Waals surface area contributed by atoms with Crippen molar-refractivity contribution in [2.75, 3.05) is 5.32 Å². The molecule has 0 atom stereocenters. The van der Waals surface area contributed by atoms with Gasteiger partial charge in [-0.05, 0) is 65.2 Å². The first kappa shape index (κ1) is 35.3. The zero-order valence-corrected chi connectivity index (χ0v) is 25.7. The fraction of sp³-hybridized carbons (Fsp3) is 0.143. The van der Waals surface area contributed by atoms with Crippen molar-refractivity contribution in [1.29, 1.82) is 0 Å². The van der Waals surface area contributed by atoms with Gasteiger partial charge in [-0.1, -0.05) is 23.7 Å². The molecule has 0 fully saturated rings. The Morgan fingerprint density at radius 3 is 1.62 bits per heavy atom. The van der Waals surface area contributed by atoms with Gasteiger partial charge in [-0.2, -0.15) is 31.3 Å². The third kappa shape index (κ3) is 9.51. The summed E-state index contributed by atoms with van der Waals surface area (Å²) < 4.78 is 75.2. The summed E-state index contributed by atoms with van der Waals surface area (Å²) in [6.45, 7) is -0.273. The number of hydrogen-bond acceptors (Lipinski definition) is 10. The van der Waals surface area contributed by atoms with E-state index in [2.05, 4.69) is 45.2 Å². The topological polar surface area (TPSA) is 141 Å². The van der Waals surface area contributed by atoms with E-state index in [1.165, 1.54) is 30.5 Å². The summed E-state index contributed by atoms with van der Waals surface area (Å²) in [5, 5.41) is 3.22. The summed E-state index contributed by atoms with van der Waals surface area (Å²) in [5.41, 5.74) is 5.44. The quantitative estimate of drug-likeness (QED) is 0.107. The summed E-state index contributed by atoms with van der Waals surface area (Å²) >= 11 is 17.2. The molecule has 0 spiro atoms. The average Bonchev–Trinajstić information content (AvgIpc) is 3.03. The van der Waals surface area contributed by atoms with Crippen molar-refractivity contribution in [2.24, 2.45) is 5.73 Å². The van der Waals surface area contributed by atoms with Gasteiger partial charge in [0.1, 0.15) is 22.4 Å². The second-order valence-electron chi connectivity index (χ2n) is 8.94. The molecule has 6 heterocycles. The molecule has 6 aromatic heterocycles. The maximum atomic E-state index is 12.9. The number of alkyl halides is 6. The van der Waals surface area contributed by atoms with Crippen LogP contribution in [0, 0.1) is 0 Å². The Balaban J connectivity index is 0.000000176. The number of pyridine rings is 4. The molecule has 6 rings (SSSR count). The van der Waals surface area contributed by atoms with Gasteiger partial charge in [0.15, 0.2) is 11.0 Å². The second-order valence-corrected chi connectivity index (χ2v) is 9.98. The number of nitrogens with zero attached hydrogens (tertiary/aromatic N) is 8. The van der Waals surface area contributed by atoms with Gasteiger partial charge in [0, 0.05) is 43.4 Å². The van der Waals surface area contributed by atoms with Gasteiger partial charge in [-0.15, -0.1) is 0 Å². The molecule has 0 unspecified atom stereocenters. The van der Waals surface area contributed by atoms with Crippen LogP contribution >= 0.6 is 34.8 Å². The van der Waals surface area contributed by atoms with Crippen molar-refractivity contribution in [1.82, 2.24) is 39.9 Å². The highest BCUT2D eigenvalue weighted by molar-refractivity contribution is 6.35. The molecule has 0 saturated heterocycles. The minimum absolute atomic E-state index is 0.00110. The summed E-state index contributed by atoms with van der Waals surface area (Å²) in [4.78, 5) is 30.4. The second kappa shape index (κ2) is 15.4. The Bertz CT molecular complexity index is 1980. The van der Waals surface area contributed by atoms with Gasteiger partial charge in [-0.3, -0.25) is 19.9 Å². The van der Waals surface area contributed by atoms with Crippen molar-refractivity contribution in [3.63, 3.8) is 0 Å². The first-order valence-corrected chi connectivity index (χ1v) is 14.1. The van der Waals surface area contributed by atoms with Crippen LogP contribution in [-0.2, 0) is 25.4 Å². The SMILES string of the molecule is Clc1nc(Cl)c2ncccc2n1.FC(F)(F)c1ncccc1CNc1nc(Cl)nc2cccnc12.NCc1cccnc1C(F)(F)F. The molecule has 3 N–H and O–H groups in total. The molecular formula is C28H19Cl3F6N10.